The molecular formula is C45H81NO13. The van der Waals surface area contributed by atoms with E-state index >= 15 is 0 Å². The summed E-state index contributed by atoms with van der Waals surface area (Å²) in [6, 6.07) is -0.931. The van der Waals surface area contributed by atoms with Crippen molar-refractivity contribution in [2.75, 3.05) is 19.8 Å². The standard InChI is InChI=1S/C45H81NO13/c1-3-5-6-7-8-9-10-11-12-13-14-15-16-17-18-19-20-21-22-23-24-25-26-27-28-29-34(49)33(46-37(50)4-2)32-56-44-42(55)40(53)43(36(31-48)58-44)59-45-41(54)39(52)38(51)35(30-47)57-45/h20-21,24-25,28-29,33-36,38-45,47-49,51-55H,3-19,22-23,26-27,30-32H2,1-2H3,(H,46,50)/b21-20+,25-24+,29-28+. The van der Waals surface area contributed by atoms with Crippen LogP contribution in [-0.4, -0.2) is 140 Å². The Balaban J connectivity index is 1.64. The number of aliphatic hydroxyl groups excluding tert-OH is 8. The van der Waals surface area contributed by atoms with Gasteiger partial charge in [0.1, 0.15) is 48.8 Å². The number of hydrogen-bond acceptors (Lipinski definition) is 13. The Morgan fingerprint density at radius 2 is 1.07 bits per heavy atom. The van der Waals surface area contributed by atoms with Gasteiger partial charge >= 0.3 is 0 Å². The number of allylic oxidation sites excluding steroid dienone is 5. The predicted octanol–water partition coefficient (Wildman–Crippen LogP) is 4.37. The first-order chi connectivity index (χ1) is 28.6. The topological polar surface area (TPSA) is 228 Å². The fraction of sp³-hybridized carbons (Fsp3) is 0.844. The van der Waals surface area contributed by atoms with Gasteiger partial charge in [0.15, 0.2) is 12.6 Å². The lowest BCUT2D eigenvalue weighted by Crippen LogP contribution is -2.65. The van der Waals surface area contributed by atoms with Crippen molar-refractivity contribution in [3.05, 3.63) is 36.5 Å². The van der Waals surface area contributed by atoms with Gasteiger partial charge in [-0.05, 0) is 38.5 Å². The molecule has 12 unspecified atom stereocenters. The van der Waals surface area contributed by atoms with Crippen LogP contribution >= 0.6 is 0 Å². The van der Waals surface area contributed by atoms with E-state index in [0.717, 1.165) is 25.7 Å². The number of carbonyl (C=O) groups is 1. The van der Waals surface area contributed by atoms with Crippen LogP contribution in [0.4, 0.5) is 0 Å². The molecule has 9 N–H and O–H groups in total. The summed E-state index contributed by atoms with van der Waals surface area (Å²) in [5.74, 6) is -0.343. The molecule has 14 nitrogen and oxygen atoms in total. The van der Waals surface area contributed by atoms with Crippen molar-refractivity contribution >= 4 is 5.91 Å². The molecule has 0 bridgehead atoms. The van der Waals surface area contributed by atoms with Crippen LogP contribution in [0.15, 0.2) is 36.5 Å². The smallest absolute Gasteiger partial charge is 0.220 e. The third-order valence-electron chi connectivity index (χ3n) is 11.1. The third-order valence-corrected chi connectivity index (χ3v) is 11.1. The second-order valence-electron chi connectivity index (χ2n) is 16.1. The molecule has 2 heterocycles. The molecule has 12 atom stereocenters. The number of aliphatic hydroxyl groups is 8. The lowest BCUT2D eigenvalue weighted by atomic mass is 9.97. The fourth-order valence-corrected chi connectivity index (χ4v) is 7.29. The molecule has 2 saturated heterocycles. The number of hydrogen-bond donors (Lipinski definition) is 9. The first kappa shape index (κ1) is 53.3. The van der Waals surface area contributed by atoms with Gasteiger partial charge in [-0.2, -0.15) is 0 Å². The summed E-state index contributed by atoms with van der Waals surface area (Å²) in [6.07, 6.45) is 20.5. The lowest BCUT2D eigenvalue weighted by molar-refractivity contribution is -0.359. The van der Waals surface area contributed by atoms with Crippen LogP contribution in [0.3, 0.4) is 0 Å². The molecule has 0 aliphatic carbocycles. The second-order valence-corrected chi connectivity index (χ2v) is 16.1. The van der Waals surface area contributed by atoms with Gasteiger partial charge in [0.05, 0.1) is 32.0 Å². The molecule has 0 aromatic rings. The Labute approximate surface area is 353 Å². The molecule has 0 spiro atoms. The minimum absolute atomic E-state index is 0.150. The van der Waals surface area contributed by atoms with Gasteiger partial charge in [-0.1, -0.05) is 140 Å². The molecule has 2 aliphatic rings. The van der Waals surface area contributed by atoms with Gasteiger partial charge < -0.3 is 65.1 Å². The van der Waals surface area contributed by atoms with Crippen molar-refractivity contribution < 1.29 is 64.6 Å². The number of rotatable bonds is 33. The third kappa shape index (κ3) is 21.2. The highest BCUT2D eigenvalue weighted by molar-refractivity contribution is 5.75. The zero-order valence-electron chi connectivity index (χ0n) is 36.0. The average molecular weight is 844 g/mol. The van der Waals surface area contributed by atoms with E-state index in [2.05, 4.69) is 36.5 Å². The Bertz CT molecular complexity index is 1140. The van der Waals surface area contributed by atoms with Crippen LogP contribution in [0.2, 0.25) is 0 Å². The lowest BCUT2D eigenvalue weighted by Gasteiger charge is -2.46. The van der Waals surface area contributed by atoms with Crippen LogP contribution < -0.4 is 5.32 Å². The monoisotopic (exact) mass is 844 g/mol. The number of nitrogens with one attached hydrogen (secondary N) is 1. The predicted molar refractivity (Wildman–Crippen MR) is 226 cm³/mol. The molecule has 0 saturated carbocycles. The molecule has 14 heteroatoms. The first-order valence-electron chi connectivity index (χ1n) is 22.7. The highest BCUT2D eigenvalue weighted by Gasteiger charge is 2.50. The Hall–Kier alpha value is -1.79. The minimum Gasteiger partial charge on any atom is -0.394 e. The molecule has 59 heavy (non-hydrogen) atoms. The summed E-state index contributed by atoms with van der Waals surface area (Å²) >= 11 is 0. The average Bonchev–Trinajstić information content (AvgIpc) is 3.24. The first-order valence-corrected chi connectivity index (χ1v) is 22.7. The summed E-state index contributed by atoms with van der Waals surface area (Å²) in [4.78, 5) is 12.3. The van der Waals surface area contributed by atoms with Crippen LogP contribution in [0, 0.1) is 0 Å². The van der Waals surface area contributed by atoms with Gasteiger partial charge in [-0.25, -0.2) is 0 Å². The number of unbranched alkanes of at least 4 members (excludes halogenated alkanes) is 17. The summed E-state index contributed by atoms with van der Waals surface area (Å²) in [5.41, 5.74) is 0. The molecule has 0 aromatic heterocycles. The van der Waals surface area contributed by atoms with Crippen LogP contribution in [0.5, 0.6) is 0 Å². The maximum absolute atomic E-state index is 12.3. The zero-order valence-corrected chi connectivity index (χ0v) is 36.0. The van der Waals surface area contributed by atoms with Crippen molar-refractivity contribution in [3.63, 3.8) is 0 Å². The summed E-state index contributed by atoms with van der Waals surface area (Å²) < 4.78 is 22.3. The maximum Gasteiger partial charge on any atom is 0.220 e. The van der Waals surface area contributed by atoms with E-state index in [1.165, 1.54) is 96.3 Å². The molecule has 1 amide bonds. The Morgan fingerprint density at radius 3 is 1.59 bits per heavy atom. The number of amides is 1. The summed E-state index contributed by atoms with van der Waals surface area (Å²) in [6.45, 7) is 2.17. The fourth-order valence-electron chi connectivity index (χ4n) is 7.29. The van der Waals surface area contributed by atoms with Crippen molar-refractivity contribution in [2.45, 2.75) is 222 Å². The molecule has 2 aliphatic heterocycles. The minimum atomic E-state index is -1.79. The van der Waals surface area contributed by atoms with Crippen LogP contribution in [0.25, 0.3) is 0 Å². The van der Waals surface area contributed by atoms with Gasteiger partial charge in [0.2, 0.25) is 5.91 Å². The van der Waals surface area contributed by atoms with Crippen LogP contribution in [-0.2, 0) is 23.7 Å². The van der Waals surface area contributed by atoms with Gasteiger partial charge in [0, 0.05) is 6.42 Å². The summed E-state index contributed by atoms with van der Waals surface area (Å²) in [5, 5.41) is 85.2. The van der Waals surface area contributed by atoms with E-state index in [4.69, 9.17) is 18.9 Å². The molecule has 0 aromatic carbocycles. The van der Waals surface area contributed by atoms with E-state index in [-0.39, 0.29) is 18.9 Å². The van der Waals surface area contributed by atoms with Crippen LogP contribution in [0.1, 0.15) is 149 Å². The molecular weight excluding hydrogens is 762 g/mol. The molecule has 2 fully saturated rings. The van der Waals surface area contributed by atoms with E-state index in [0.29, 0.717) is 6.42 Å². The van der Waals surface area contributed by atoms with Gasteiger partial charge in [-0.3, -0.25) is 4.79 Å². The Kier molecular flexibility index (Phi) is 29.7. The van der Waals surface area contributed by atoms with Gasteiger partial charge in [0.25, 0.3) is 0 Å². The number of ether oxygens (including phenoxy) is 4. The quantitative estimate of drug-likeness (QED) is 0.0331. The van der Waals surface area contributed by atoms with Gasteiger partial charge in [-0.15, -0.1) is 0 Å². The number of carbonyl (C=O) groups excluding carboxylic acids is 1. The Morgan fingerprint density at radius 1 is 0.593 bits per heavy atom. The van der Waals surface area contributed by atoms with Crippen molar-refractivity contribution in [2.24, 2.45) is 0 Å². The molecule has 344 valence electrons. The normalized spacial score (nSPS) is 28.8. The highest BCUT2D eigenvalue weighted by atomic mass is 16.7. The van der Waals surface area contributed by atoms with Crippen molar-refractivity contribution in [1.29, 1.82) is 0 Å². The SMILES string of the molecule is CCCCCCCCCCCCCCCCC/C=C/CC/C=C/CC/C=C/C(O)C(COC1OC(CO)C(OC2OC(CO)C(O)C(O)C2O)C(O)C1O)NC(=O)CC. The zero-order chi connectivity index (χ0) is 43.3. The van der Waals surface area contributed by atoms with E-state index in [9.17, 15) is 45.6 Å². The second kappa shape index (κ2) is 32.9. The van der Waals surface area contributed by atoms with E-state index in [1.807, 2.05) is 6.08 Å². The van der Waals surface area contributed by atoms with Crippen molar-refractivity contribution in [3.8, 4) is 0 Å². The molecule has 0 radical (unpaired) electrons. The molecule has 2 rings (SSSR count). The van der Waals surface area contributed by atoms with E-state index in [1.54, 1.807) is 13.0 Å². The van der Waals surface area contributed by atoms with E-state index < -0.39 is 86.8 Å². The maximum atomic E-state index is 12.3. The largest absolute Gasteiger partial charge is 0.394 e. The highest BCUT2D eigenvalue weighted by Crippen LogP contribution is 2.30. The summed E-state index contributed by atoms with van der Waals surface area (Å²) in [7, 11) is 0. The van der Waals surface area contributed by atoms with Crippen molar-refractivity contribution in [1.82, 2.24) is 5.32 Å².